The number of hydrogen-bond donors (Lipinski definition) is 1. The number of fused-ring (bicyclic) bond motifs is 1. The van der Waals surface area contributed by atoms with Crippen LogP contribution in [-0.4, -0.2) is 55.8 Å². The van der Waals surface area contributed by atoms with Gasteiger partial charge in [0.05, 0.1) is 30.6 Å². The minimum absolute atomic E-state index is 0.127. The fourth-order valence-corrected chi connectivity index (χ4v) is 6.02. The number of benzene rings is 1. The molecule has 1 N–H and O–H groups in total. The number of rotatable bonds is 4. The number of anilines is 3. The van der Waals surface area contributed by atoms with Crippen LogP contribution in [-0.2, 0) is 15.5 Å². The van der Waals surface area contributed by atoms with E-state index < -0.39 is 18.4 Å². The Bertz CT molecular complexity index is 1070. The predicted octanol–water partition coefficient (Wildman–Crippen LogP) is 4.13. The molecule has 0 bridgehead atoms. The van der Waals surface area contributed by atoms with Crippen LogP contribution in [0, 0.1) is 5.41 Å². The molecule has 4 heterocycles. The number of ether oxygens (including phenoxy) is 1. The van der Waals surface area contributed by atoms with Crippen molar-refractivity contribution in [3.63, 3.8) is 0 Å². The number of piperidine rings is 1. The van der Waals surface area contributed by atoms with E-state index in [2.05, 4.69) is 15.2 Å². The lowest BCUT2D eigenvalue weighted by Crippen LogP contribution is -2.41. The van der Waals surface area contributed by atoms with Gasteiger partial charge in [0.2, 0.25) is 5.91 Å². The van der Waals surface area contributed by atoms with E-state index in [0.29, 0.717) is 21.2 Å². The number of nitrogens with zero attached hydrogens (tertiary/aromatic N) is 4. The number of carbonyl (C=O) groups excluding carboxylic acids is 1. The molecule has 1 aromatic heterocycles. The van der Waals surface area contributed by atoms with Crippen LogP contribution >= 0.6 is 11.8 Å². The van der Waals surface area contributed by atoms with Crippen molar-refractivity contribution in [3.8, 4) is 0 Å². The van der Waals surface area contributed by atoms with Gasteiger partial charge < -0.3 is 19.9 Å². The fraction of sp³-hybridized carbons (Fsp3) is 0.522. The van der Waals surface area contributed by atoms with Crippen LogP contribution in [0.5, 0.6) is 0 Å². The van der Waals surface area contributed by atoms with E-state index in [-0.39, 0.29) is 11.3 Å². The largest absolute Gasteiger partial charge is 0.381 e. The number of carbonyl (C=O) groups is 1. The van der Waals surface area contributed by atoms with E-state index in [1.165, 1.54) is 6.92 Å². The van der Waals surface area contributed by atoms with Gasteiger partial charge in [-0.1, -0.05) is 17.8 Å². The third-order valence-corrected chi connectivity index (χ3v) is 7.95. The number of alkyl halides is 2. The first-order valence-corrected chi connectivity index (χ1v) is 12.0. The van der Waals surface area contributed by atoms with E-state index in [4.69, 9.17) is 9.72 Å². The molecular weight excluding hydrogens is 448 g/mol. The van der Waals surface area contributed by atoms with Crippen molar-refractivity contribution >= 4 is 35.0 Å². The topological polar surface area (TPSA) is 70.6 Å². The van der Waals surface area contributed by atoms with Crippen LogP contribution in [0.25, 0.3) is 0 Å². The summed E-state index contributed by atoms with van der Waals surface area (Å²) in [6.45, 7) is 4.15. The first-order chi connectivity index (χ1) is 15.8. The third kappa shape index (κ3) is 4.03. The Morgan fingerprint density at radius 3 is 2.70 bits per heavy atom. The summed E-state index contributed by atoms with van der Waals surface area (Å²) >= 11 is 1.14. The second-order valence-corrected chi connectivity index (χ2v) is 10.0. The molecule has 0 radical (unpaired) electrons. The van der Waals surface area contributed by atoms with Gasteiger partial charge in [0.1, 0.15) is 10.8 Å². The molecule has 0 unspecified atom stereocenters. The van der Waals surface area contributed by atoms with Crippen LogP contribution in [0.3, 0.4) is 0 Å². The van der Waals surface area contributed by atoms with E-state index in [0.717, 1.165) is 68.0 Å². The quantitative estimate of drug-likeness (QED) is 0.713. The van der Waals surface area contributed by atoms with Gasteiger partial charge in [-0.25, -0.2) is 9.97 Å². The average Bonchev–Trinajstić information content (AvgIpc) is 3.37. The Morgan fingerprint density at radius 1 is 1.24 bits per heavy atom. The summed E-state index contributed by atoms with van der Waals surface area (Å²) in [6.07, 6.45) is 4.97. The lowest BCUT2D eigenvalue weighted by atomic mass is 9.78. The maximum Gasteiger partial charge on any atom is 0.293 e. The van der Waals surface area contributed by atoms with Gasteiger partial charge >= 0.3 is 0 Å². The Balaban J connectivity index is 1.39. The minimum atomic E-state index is -3.12. The summed E-state index contributed by atoms with van der Waals surface area (Å²) in [5.74, 6) is -2.19. The Kier molecular flexibility index (Phi) is 5.68. The second kappa shape index (κ2) is 8.39. The molecule has 5 rings (SSSR count). The Hall–Kier alpha value is -2.46. The average molecular weight is 476 g/mol. The second-order valence-electron chi connectivity index (χ2n) is 8.98. The van der Waals surface area contributed by atoms with Gasteiger partial charge in [-0.05, 0) is 36.8 Å². The SMILES string of the molecule is CNc1nc(N2CCC3(CCOC3)CC2)cnc1Sc1cccc2c1C(F)(F)CN2C(C)=O. The van der Waals surface area contributed by atoms with Gasteiger partial charge in [0.25, 0.3) is 5.92 Å². The van der Waals surface area contributed by atoms with Crippen molar-refractivity contribution in [2.45, 2.75) is 42.0 Å². The lowest BCUT2D eigenvalue weighted by Gasteiger charge is -2.38. The standard InChI is InChI=1S/C23H27F2N5O2S/c1-15(31)30-13-23(24,25)19-16(30)4-3-5-17(19)33-21-20(26-2)28-18(12-27-21)29-9-6-22(7-10-29)8-11-32-14-22/h3-5,12H,6-11,13-14H2,1-2H3,(H,26,28). The van der Waals surface area contributed by atoms with Crippen LogP contribution < -0.4 is 15.1 Å². The number of nitrogens with one attached hydrogen (secondary N) is 1. The highest BCUT2D eigenvalue weighted by Crippen LogP contribution is 2.49. The van der Waals surface area contributed by atoms with E-state index in [9.17, 15) is 13.6 Å². The monoisotopic (exact) mass is 475 g/mol. The normalized spacial score (nSPS) is 20.8. The van der Waals surface area contributed by atoms with Crippen molar-refractivity contribution < 1.29 is 18.3 Å². The first-order valence-electron chi connectivity index (χ1n) is 11.2. The predicted molar refractivity (Wildman–Crippen MR) is 123 cm³/mol. The molecule has 2 aromatic rings. The fourth-order valence-electron chi connectivity index (χ4n) is 4.96. The Labute approximate surface area is 195 Å². The van der Waals surface area contributed by atoms with Crippen LogP contribution in [0.2, 0.25) is 0 Å². The molecule has 3 aliphatic rings. The molecule has 1 amide bonds. The zero-order valence-electron chi connectivity index (χ0n) is 18.7. The molecule has 10 heteroatoms. The molecule has 2 saturated heterocycles. The van der Waals surface area contributed by atoms with Crippen molar-refractivity contribution in [2.24, 2.45) is 5.41 Å². The van der Waals surface area contributed by atoms with Gasteiger partial charge in [-0.2, -0.15) is 8.78 Å². The molecule has 2 fully saturated rings. The van der Waals surface area contributed by atoms with Crippen LogP contribution in [0.15, 0.2) is 34.3 Å². The molecular formula is C23H27F2N5O2S. The highest BCUT2D eigenvalue weighted by molar-refractivity contribution is 7.99. The zero-order chi connectivity index (χ0) is 23.2. The smallest absolute Gasteiger partial charge is 0.293 e. The van der Waals surface area contributed by atoms with Crippen molar-refractivity contribution in [2.75, 3.05) is 55.0 Å². The summed E-state index contributed by atoms with van der Waals surface area (Å²) in [4.78, 5) is 24.9. The van der Waals surface area contributed by atoms with Gasteiger partial charge in [0, 0.05) is 38.6 Å². The summed E-state index contributed by atoms with van der Waals surface area (Å²) in [5, 5.41) is 3.58. The van der Waals surface area contributed by atoms with Crippen molar-refractivity contribution in [1.29, 1.82) is 0 Å². The lowest BCUT2D eigenvalue weighted by molar-refractivity contribution is -0.117. The number of halogens is 2. The summed E-state index contributed by atoms with van der Waals surface area (Å²) in [7, 11) is 1.75. The van der Waals surface area contributed by atoms with Crippen molar-refractivity contribution in [1.82, 2.24) is 9.97 Å². The minimum Gasteiger partial charge on any atom is -0.381 e. The summed E-state index contributed by atoms with van der Waals surface area (Å²) in [5.41, 5.74) is 0.433. The van der Waals surface area contributed by atoms with Gasteiger partial charge in [-0.3, -0.25) is 4.79 Å². The summed E-state index contributed by atoms with van der Waals surface area (Å²) in [6, 6.07) is 4.90. The number of hydrogen-bond acceptors (Lipinski definition) is 7. The molecule has 0 saturated carbocycles. The highest BCUT2D eigenvalue weighted by atomic mass is 32.2. The highest BCUT2D eigenvalue weighted by Gasteiger charge is 2.47. The molecule has 0 aliphatic carbocycles. The van der Waals surface area contributed by atoms with Crippen molar-refractivity contribution in [3.05, 3.63) is 30.0 Å². The summed E-state index contributed by atoms with van der Waals surface area (Å²) < 4.78 is 35.3. The first kappa shape index (κ1) is 22.3. The molecule has 0 atom stereocenters. The molecule has 176 valence electrons. The van der Waals surface area contributed by atoms with Gasteiger partial charge in [0.15, 0.2) is 5.82 Å². The molecule has 7 nitrogen and oxygen atoms in total. The maximum absolute atomic E-state index is 14.9. The molecule has 3 aliphatic heterocycles. The zero-order valence-corrected chi connectivity index (χ0v) is 19.6. The number of amides is 1. The van der Waals surface area contributed by atoms with Gasteiger partial charge in [-0.15, -0.1) is 0 Å². The van der Waals surface area contributed by atoms with Crippen LogP contribution in [0.1, 0.15) is 31.7 Å². The Morgan fingerprint density at radius 2 is 2.03 bits per heavy atom. The third-order valence-electron chi connectivity index (χ3n) is 6.90. The van der Waals surface area contributed by atoms with E-state index >= 15 is 0 Å². The molecule has 1 spiro atoms. The maximum atomic E-state index is 14.9. The molecule has 33 heavy (non-hydrogen) atoms. The van der Waals surface area contributed by atoms with E-state index in [1.54, 1.807) is 31.4 Å². The molecule has 1 aromatic carbocycles. The number of aromatic nitrogens is 2. The van der Waals surface area contributed by atoms with Crippen LogP contribution in [0.4, 0.5) is 26.1 Å². The van der Waals surface area contributed by atoms with E-state index in [1.807, 2.05) is 0 Å².